The van der Waals surface area contributed by atoms with Crippen LogP contribution in [0.5, 0.6) is 0 Å². The molecule has 0 aliphatic carbocycles. The molecule has 3 N–H and O–H groups in total. The van der Waals surface area contributed by atoms with Crippen LogP contribution in [0.25, 0.3) is 0 Å². The van der Waals surface area contributed by atoms with E-state index in [2.05, 4.69) is 12.2 Å². The third-order valence-corrected chi connectivity index (χ3v) is 1.77. The quantitative estimate of drug-likeness (QED) is 0.588. The Balaban J connectivity index is 3.43. The van der Waals surface area contributed by atoms with Crippen LogP contribution in [0, 0.1) is 0 Å². The van der Waals surface area contributed by atoms with Crippen LogP contribution in [0.3, 0.4) is 0 Å². The number of hydrogen-bond donors (Lipinski definition) is 2. The Morgan fingerprint density at radius 1 is 1.42 bits per heavy atom. The molecule has 0 aromatic rings. The van der Waals surface area contributed by atoms with Crippen molar-refractivity contribution >= 4 is 5.91 Å². The highest BCUT2D eigenvalue weighted by atomic mass is 16.2. The van der Waals surface area contributed by atoms with Crippen molar-refractivity contribution in [2.75, 3.05) is 6.54 Å². The van der Waals surface area contributed by atoms with Gasteiger partial charge in [0.2, 0.25) is 5.91 Å². The number of nitrogens with one attached hydrogen (secondary N) is 1. The fraction of sp³-hybridized carbons (Fsp3) is 0.889. The molecular weight excluding hydrogens is 152 g/mol. The van der Waals surface area contributed by atoms with Gasteiger partial charge in [0.05, 0.1) is 6.04 Å². The summed E-state index contributed by atoms with van der Waals surface area (Å²) in [5.74, 6) is -0.00898. The minimum absolute atomic E-state index is 0.00898. The minimum Gasteiger partial charge on any atom is -0.355 e. The molecule has 0 unspecified atom stereocenters. The molecule has 3 heteroatoms. The maximum atomic E-state index is 11.2. The molecule has 0 radical (unpaired) electrons. The molecule has 0 aliphatic rings. The summed E-state index contributed by atoms with van der Waals surface area (Å²) in [6, 6.07) is -0.313. The van der Waals surface area contributed by atoms with Gasteiger partial charge in [0.15, 0.2) is 0 Å². The van der Waals surface area contributed by atoms with Crippen molar-refractivity contribution in [1.82, 2.24) is 5.32 Å². The molecule has 0 aromatic heterocycles. The van der Waals surface area contributed by atoms with E-state index in [9.17, 15) is 4.79 Å². The third kappa shape index (κ3) is 5.13. The zero-order valence-corrected chi connectivity index (χ0v) is 8.10. The fourth-order valence-electron chi connectivity index (χ4n) is 0.962. The van der Waals surface area contributed by atoms with Gasteiger partial charge < -0.3 is 11.1 Å². The smallest absolute Gasteiger partial charge is 0.236 e. The second-order valence-corrected chi connectivity index (χ2v) is 3.04. The molecule has 0 spiro atoms. The summed E-state index contributed by atoms with van der Waals surface area (Å²) in [5, 5.41) is 2.80. The average molecular weight is 172 g/mol. The lowest BCUT2D eigenvalue weighted by Crippen LogP contribution is -2.40. The maximum Gasteiger partial charge on any atom is 0.236 e. The van der Waals surface area contributed by atoms with Crippen LogP contribution >= 0.6 is 0 Å². The maximum absolute atomic E-state index is 11.2. The van der Waals surface area contributed by atoms with E-state index in [1.165, 1.54) is 0 Å². The van der Waals surface area contributed by atoms with Gasteiger partial charge in [-0.1, -0.05) is 26.7 Å². The third-order valence-electron chi connectivity index (χ3n) is 1.77. The van der Waals surface area contributed by atoms with Gasteiger partial charge in [-0.25, -0.2) is 0 Å². The van der Waals surface area contributed by atoms with E-state index in [4.69, 9.17) is 5.73 Å². The van der Waals surface area contributed by atoms with Crippen LogP contribution in [0.15, 0.2) is 0 Å². The standard InChI is InChI=1S/C9H20N2O/c1-3-5-7-11-9(12)8(10)6-4-2/h8H,3-7,10H2,1-2H3,(H,11,12)/t8-/m0/s1. The predicted molar refractivity (Wildman–Crippen MR) is 50.8 cm³/mol. The van der Waals surface area contributed by atoms with E-state index in [0.29, 0.717) is 0 Å². The molecule has 0 heterocycles. The van der Waals surface area contributed by atoms with Gasteiger partial charge in [0.1, 0.15) is 0 Å². The number of hydrogen-bond acceptors (Lipinski definition) is 2. The van der Waals surface area contributed by atoms with Crippen LogP contribution in [0.1, 0.15) is 39.5 Å². The van der Waals surface area contributed by atoms with E-state index in [1.54, 1.807) is 0 Å². The number of amides is 1. The van der Waals surface area contributed by atoms with Crippen LogP contribution in [0.4, 0.5) is 0 Å². The molecular formula is C9H20N2O. The number of nitrogens with two attached hydrogens (primary N) is 1. The summed E-state index contributed by atoms with van der Waals surface area (Å²) in [6.07, 6.45) is 3.87. The molecule has 0 fully saturated rings. The summed E-state index contributed by atoms with van der Waals surface area (Å²) in [7, 11) is 0. The van der Waals surface area contributed by atoms with Gasteiger partial charge in [-0.2, -0.15) is 0 Å². The Labute approximate surface area is 74.7 Å². The largest absolute Gasteiger partial charge is 0.355 e. The van der Waals surface area contributed by atoms with Crippen molar-refractivity contribution in [3.8, 4) is 0 Å². The van der Waals surface area contributed by atoms with E-state index < -0.39 is 0 Å². The van der Waals surface area contributed by atoms with Gasteiger partial charge in [-0.05, 0) is 12.8 Å². The summed E-state index contributed by atoms with van der Waals surface area (Å²) in [4.78, 5) is 11.2. The van der Waals surface area contributed by atoms with Crippen LogP contribution in [-0.2, 0) is 4.79 Å². The number of unbranched alkanes of at least 4 members (excludes halogenated alkanes) is 1. The Morgan fingerprint density at radius 3 is 2.58 bits per heavy atom. The van der Waals surface area contributed by atoms with Crippen LogP contribution in [0.2, 0.25) is 0 Å². The predicted octanol–water partition coefficient (Wildman–Crippen LogP) is 1.03. The molecule has 0 saturated heterocycles. The lowest BCUT2D eigenvalue weighted by molar-refractivity contribution is -0.122. The molecule has 3 nitrogen and oxygen atoms in total. The molecule has 12 heavy (non-hydrogen) atoms. The average Bonchev–Trinajstić information content (AvgIpc) is 2.05. The number of rotatable bonds is 6. The Hall–Kier alpha value is -0.570. The van der Waals surface area contributed by atoms with Crippen LogP contribution < -0.4 is 11.1 Å². The molecule has 72 valence electrons. The van der Waals surface area contributed by atoms with Crippen molar-refractivity contribution in [3.63, 3.8) is 0 Å². The first-order valence-corrected chi connectivity index (χ1v) is 4.75. The van der Waals surface area contributed by atoms with Gasteiger partial charge in [0, 0.05) is 6.54 Å². The highest BCUT2D eigenvalue weighted by Crippen LogP contribution is 1.93. The summed E-state index contributed by atoms with van der Waals surface area (Å²) >= 11 is 0. The van der Waals surface area contributed by atoms with E-state index in [0.717, 1.165) is 32.2 Å². The van der Waals surface area contributed by atoms with Gasteiger partial charge in [-0.3, -0.25) is 4.79 Å². The van der Waals surface area contributed by atoms with E-state index >= 15 is 0 Å². The first-order valence-electron chi connectivity index (χ1n) is 4.75. The highest BCUT2D eigenvalue weighted by molar-refractivity contribution is 5.81. The minimum atomic E-state index is -0.313. The number of carbonyl (C=O) groups is 1. The molecule has 0 aliphatic heterocycles. The lowest BCUT2D eigenvalue weighted by Gasteiger charge is -2.10. The van der Waals surface area contributed by atoms with Gasteiger partial charge in [0.25, 0.3) is 0 Å². The van der Waals surface area contributed by atoms with Crippen molar-refractivity contribution in [2.45, 2.75) is 45.6 Å². The van der Waals surface area contributed by atoms with Crippen molar-refractivity contribution in [1.29, 1.82) is 0 Å². The molecule has 0 saturated carbocycles. The van der Waals surface area contributed by atoms with Crippen molar-refractivity contribution in [2.24, 2.45) is 5.73 Å². The Bertz CT molecular complexity index is 126. The molecule has 1 amide bonds. The molecule has 0 bridgehead atoms. The normalized spacial score (nSPS) is 12.6. The van der Waals surface area contributed by atoms with E-state index in [-0.39, 0.29) is 11.9 Å². The summed E-state index contributed by atoms with van der Waals surface area (Å²) < 4.78 is 0. The first kappa shape index (κ1) is 11.4. The fourth-order valence-corrected chi connectivity index (χ4v) is 0.962. The van der Waals surface area contributed by atoms with Crippen molar-refractivity contribution in [3.05, 3.63) is 0 Å². The number of carbonyl (C=O) groups excluding carboxylic acids is 1. The van der Waals surface area contributed by atoms with E-state index in [1.807, 2.05) is 6.92 Å². The zero-order valence-electron chi connectivity index (χ0n) is 8.10. The second-order valence-electron chi connectivity index (χ2n) is 3.04. The monoisotopic (exact) mass is 172 g/mol. The first-order chi connectivity index (χ1) is 5.72. The topological polar surface area (TPSA) is 55.1 Å². The summed E-state index contributed by atoms with van der Waals surface area (Å²) in [5.41, 5.74) is 5.60. The highest BCUT2D eigenvalue weighted by Gasteiger charge is 2.10. The Kier molecular flexibility index (Phi) is 6.76. The van der Waals surface area contributed by atoms with Crippen LogP contribution in [-0.4, -0.2) is 18.5 Å². The SMILES string of the molecule is CCCCNC(=O)[C@@H](N)CCC. The molecule has 0 rings (SSSR count). The van der Waals surface area contributed by atoms with Gasteiger partial charge in [-0.15, -0.1) is 0 Å². The second kappa shape index (κ2) is 7.10. The Morgan fingerprint density at radius 2 is 2.08 bits per heavy atom. The van der Waals surface area contributed by atoms with Crippen molar-refractivity contribution < 1.29 is 4.79 Å². The lowest BCUT2D eigenvalue weighted by atomic mass is 10.1. The summed E-state index contributed by atoms with van der Waals surface area (Å²) in [6.45, 7) is 4.88. The molecule has 1 atom stereocenters. The van der Waals surface area contributed by atoms with Gasteiger partial charge >= 0.3 is 0 Å². The molecule has 0 aromatic carbocycles. The zero-order chi connectivity index (χ0) is 9.40.